The van der Waals surface area contributed by atoms with Gasteiger partial charge in [-0.25, -0.2) is 18.2 Å². The van der Waals surface area contributed by atoms with Crippen LogP contribution in [-0.2, 0) is 30.7 Å². The van der Waals surface area contributed by atoms with Crippen LogP contribution in [0.1, 0.15) is 25.8 Å². The number of aromatic nitrogens is 1. The zero-order chi connectivity index (χ0) is 32.8. The molecule has 3 aromatic rings. The fourth-order valence-electron chi connectivity index (χ4n) is 5.71. The zero-order valence-corrected chi connectivity index (χ0v) is 28.4. The summed E-state index contributed by atoms with van der Waals surface area (Å²) in [7, 11) is -0.0254. The Morgan fingerprint density at radius 2 is 1.93 bits per heavy atom. The lowest BCUT2D eigenvalue weighted by atomic mass is 10.0. The van der Waals surface area contributed by atoms with E-state index in [-0.39, 0.29) is 49.1 Å². The molecule has 12 nitrogen and oxygen atoms in total. The molecule has 2 aliphatic heterocycles. The smallest absolute Gasteiger partial charge is 0.407 e. The molecule has 0 saturated carbocycles. The van der Waals surface area contributed by atoms with Gasteiger partial charge in [-0.2, -0.15) is 4.31 Å². The van der Waals surface area contributed by atoms with Crippen molar-refractivity contribution >= 4 is 42.8 Å². The highest BCUT2D eigenvalue weighted by molar-refractivity contribution is 7.89. The molecule has 0 radical (unpaired) electrons. The number of sulfonamides is 1. The molecule has 0 spiro atoms. The van der Waals surface area contributed by atoms with Gasteiger partial charge in [-0.05, 0) is 56.6 Å². The van der Waals surface area contributed by atoms with Crippen LogP contribution in [0.4, 0.5) is 9.93 Å². The summed E-state index contributed by atoms with van der Waals surface area (Å²) in [6, 6.07) is 13.5. The maximum atomic E-state index is 14.1. The van der Waals surface area contributed by atoms with E-state index in [1.165, 1.54) is 15.6 Å². The molecular weight excluding hydrogens is 631 g/mol. The summed E-state index contributed by atoms with van der Waals surface area (Å²) in [5.74, 6) is -0.0493. The predicted molar refractivity (Wildman–Crippen MR) is 177 cm³/mol. The van der Waals surface area contributed by atoms with Gasteiger partial charge in [0.2, 0.25) is 10.0 Å². The third-order valence-corrected chi connectivity index (χ3v) is 10.9. The van der Waals surface area contributed by atoms with Gasteiger partial charge in [0.15, 0.2) is 11.4 Å². The fourth-order valence-corrected chi connectivity index (χ4v) is 8.37. The number of aliphatic hydroxyl groups is 1. The number of amides is 1. The van der Waals surface area contributed by atoms with E-state index >= 15 is 0 Å². The van der Waals surface area contributed by atoms with Crippen molar-refractivity contribution < 1.29 is 32.5 Å². The van der Waals surface area contributed by atoms with Crippen molar-refractivity contribution in [3.63, 3.8) is 0 Å². The molecule has 1 aromatic heterocycles. The molecule has 2 aliphatic rings. The standard InChI is InChI=1S/C32H45N5O7S2/c1-21(2)18-37(46(40,41)23-10-11-25-29(17-23)45-31(34-25)33-13-14-36(3)4)19-27(38)26(16-22-8-6-5-7-9-22)35-32(39)44-28-20-43-30-24(28)12-15-42-30/h5-11,17,21,24,26-28,30,38H,12-16,18-20H2,1-4H3,(H,33,34)(H,35,39)/t24?,26-,27+,28-,30?/m0/s1. The lowest BCUT2D eigenvalue weighted by molar-refractivity contribution is -0.0907. The van der Waals surface area contributed by atoms with E-state index < -0.39 is 34.4 Å². The van der Waals surface area contributed by atoms with E-state index in [0.29, 0.717) is 18.7 Å². The van der Waals surface area contributed by atoms with Crippen molar-refractivity contribution in [1.29, 1.82) is 0 Å². The van der Waals surface area contributed by atoms with E-state index in [1.807, 2.05) is 58.3 Å². The number of benzene rings is 2. The van der Waals surface area contributed by atoms with Gasteiger partial charge in [-0.1, -0.05) is 55.5 Å². The number of thiazole rings is 1. The summed E-state index contributed by atoms with van der Waals surface area (Å²) in [6.07, 6.45) is -1.73. The fraction of sp³-hybridized carbons (Fsp3) is 0.562. The Bertz CT molecular complexity index is 1550. The molecule has 5 atom stereocenters. The monoisotopic (exact) mass is 675 g/mol. The number of anilines is 1. The highest BCUT2D eigenvalue weighted by atomic mass is 32.2. The lowest BCUT2D eigenvalue weighted by Crippen LogP contribution is -2.51. The zero-order valence-electron chi connectivity index (χ0n) is 26.8. The average Bonchev–Trinajstić information content (AvgIpc) is 3.73. The van der Waals surface area contributed by atoms with Crippen LogP contribution in [0.2, 0.25) is 0 Å². The Balaban J connectivity index is 1.33. The number of nitrogens with one attached hydrogen (secondary N) is 2. The summed E-state index contributed by atoms with van der Waals surface area (Å²) < 4.78 is 47.1. The summed E-state index contributed by atoms with van der Waals surface area (Å²) in [5.41, 5.74) is 1.59. The summed E-state index contributed by atoms with van der Waals surface area (Å²) in [6.45, 7) is 6.16. The number of fused-ring (bicyclic) bond motifs is 2. The van der Waals surface area contributed by atoms with E-state index in [0.717, 1.165) is 28.4 Å². The van der Waals surface area contributed by atoms with E-state index in [1.54, 1.807) is 18.2 Å². The number of ether oxygens (including phenoxy) is 3. The van der Waals surface area contributed by atoms with Gasteiger partial charge in [0.1, 0.15) is 6.10 Å². The highest BCUT2D eigenvalue weighted by Gasteiger charge is 2.44. The summed E-state index contributed by atoms with van der Waals surface area (Å²) >= 11 is 1.40. The van der Waals surface area contributed by atoms with Crippen LogP contribution in [0.25, 0.3) is 10.2 Å². The van der Waals surface area contributed by atoms with Crippen LogP contribution in [0.15, 0.2) is 53.4 Å². The first kappa shape index (κ1) is 34.5. The number of carbonyl (C=O) groups excluding carboxylic acids is 1. The number of nitrogens with zero attached hydrogens (tertiary/aromatic N) is 3. The molecule has 5 rings (SSSR count). The Labute approximate surface area is 275 Å². The van der Waals surface area contributed by atoms with Crippen molar-refractivity contribution in [2.24, 2.45) is 11.8 Å². The Kier molecular flexibility index (Phi) is 11.5. The Hall–Kier alpha value is -2.85. The van der Waals surface area contributed by atoms with Crippen molar-refractivity contribution in [1.82, 2.24) is 19.5 Å². The molecule has 0 aliphatic carbocycles. The molecule has 14 heteroatoms. The second-order valence-corrected chi connectivity index (χ2v) is 15.5. The summed E-state index contributed by atoms with van der Waals surface area (Å²) in [4.78, 5) is 19.9. The number of rotatable bonds is 15. The maximum absolute atomic E-state index is 14.1. The van der Waals surface area contributed by atoms with Gasteiger partial charge in [-0.15, -0.1) is 0 Å². The molecule has 1 amide bonds. The minimum atomic E-state index is -4.01. The summed E-state index contributed by atoms with van der Waals surface area (Å²) in [5, 5.41) is 18.4. The Morgan fingerprint density at radius 3 is 2.67 bits per heavy atom. The first-order valence-corrected chi connectivity index (χ1v) is 18.0. The topological polar surface area (TPSA) is 143 Å². The SMILES string of the molecule is CC(C)CN(C[C@@H](O)[C@H](Cc1ccccc1)NC(=O)O[C@H]1COC2OCCC21)S(=O)(=O)c1ccc2nc(NCCN(C)C)sc2c1. The molecule has 2 aromatic carbocycles. The largest absolute Gasteiger partial charge is 0.443 e. The second-order valence-electron chi connectivity index (χ2n) is 12.6. The molecular formula is C32H45N5O7S2. The minimum Gasteiger partial charge on any atom is -0.443 e. The maximum Gasteiger partial charge on any atom is 0.407 e. The van der Waals surface area contributed by atoms with Crippen molar-refractivity contribution in [3.8, 4) is 0 Å². The minimum absolute atomic E-state index is 0.0175. The number of carbonyl (C=O) groups is 1. The number of hydrogen-bond donors (Lipinski definition) is 3. The van der Waals surface area contributed by atoms with E-state index in [9.17, 15) is 18.3 Å². The second kappa shape index (κ2) is 15.4. The van der Waals surface area contributed by atoms with Gasteiger partial charge in [0.25, 0.3) is 0 Å². The first-order valence-electron chi connectivity index (χ1n) is 15.7. The molecule has 2 fully saturated rings. The highest BCUT2D eigenvalue weighted by Crippen LogP contribution is 2.33. The first-order chi connectivity index (χ1) is 22.0. The number of hydrogen-bond acceptors (Lipinski definition) is 11. The Morgan fingerprint density at radius 1 is 1.15 bits per heavy atom. The van der Waals surface area contributed by atoms with Gasteiger partial charge in [0.05, 0.1) is 46.4 Å². The van der Waals surface area contributed by atoms with Gasteiger partial charge in [0, 0.05) is 26.2 Å². The quantitative estimate of drug-likeness (QED) is 0.220. The molecule has 3 heterocycles. The van der Waals surface area contributed by atoms with Gasteiger partial charge in [-0.3, -0.25) is 0 Å². The predicted octanol–water partition coefficient (Wildman–Crippen LogP) is 3.38. The number of aliphatic hydroxyl groups excluding tert-OH is 1. The van der Waals surface area contributed by atoms with Crippen LogP contribution < -0.4 is 10.6 Å². The van der Waals surface area contributed by atoms with Crippen LogP contribution in [0, 0.1) is 11.8 Å². The van der Waals surface area contributed by atoms with Gasteiger partial charge < -0.3 is 34.9 Å². The molecule has 252 valence electrons. The number of likely N-dealkylation sites (N-methyl/N-ethyl adjacent to an activating group) is 1. The van der Waals surface area contributed by atoms with Crippen molar-refractivity contribution in [3.05, 3.63) is 54.1 Å². The molecule has 2 unspecified atom stereocenters. The van der Waals surface area contributed by atoms with Crippen LogP contribution in [-0.4, -0.2) is 112 Å². The van der Waals surface area contributed by atoms with E-state index in [4.69, 9.17) is 14.2 Å². The normalized spacial score (nSPS) is 21.2. The molecule has 2 saturated heterocycles. The lowest BCUT2D eigenvalue weighted by Gasteiger charge is -2.31. The average molecular weight is 676 g/mol. The van der Waals surface area contributed by atoms with Crippen molar-refractivity contribution in [2.75, 3.05) is 58.8 Å². The third-order valence-electron chi connectivity index (χ3n) is 8.10. The molecule has 46 heavy (non-hydrogen) atoms. The van der Waals surface area contributed by atoms with Crippen LogP contribution >= 0.6 is 11.3 Å². The van der Waals surface area contributed by atoms with Crippen molar-refractivity contribution in [2.45, 2.75) is 56.1 Å². The van der Waals surface area contributed by atoms with Crippen LogP contribution in [0.3, 0.4) is 0 Å². The third kappa shape index (κ3) is 8.73. The molecule has 0 bridgehead atoms. The van der Waals surface area contributed by atoms with Crippen LogP contribution in [0.5, 0.6) is 0 Å². The van der Waals surface area contributed by atoms with Gasteiger partial charge >= 0.3 is 6.09 Å². The molecule has 3 N–H and O–H groups in total. The van der Waals surface area contributed by atoms with E-state index in [2.05, 4.69) is 20.5 Å². The number of alkyl carbamates (subject to hydrolysis) is 1.